The number of benzene rings is 1. The van der Waals surface area contributed by atoms with E-state index in [0.29, 0.717) is 6.29 Å². The van der Waals surface area contributed by atoms with Gasteiger partial charge in [-0.25, -0.2) is 8.78 Å². The van der Waals surface area contributed by atoms with E-state index in [1.807, 2.05) is 0 Å². The molecule has 0 fully saturated rings. The third-order valence-corrected chi connectivity index (χ3v) is 1.62. The number of hydrogen-bond acceptors (Lipinski definition) is 2. The second-order valence-corrected chi connectivity index (χ2v) is 2.42. The summed E-state index contributed by atoms with van der Waals surface area (Å²) in [5, 5.41) is 0. The summed E-state index contributed by atoms with van der Waals surface area (Å²) in [7, 11) is 1.31. The number of halogens is 2. The molecule has 1 aromatic carbocycles. The van der Waals surface area contributed by atoms with Crippen molar-refractivity contribution in [3.63, 3.8) is 0 Å². The molecule has 1 rings (SSSR count). The Morgan fingerprint density at radius 3 is 2.62 bits per heavy atom. The number of aldehydes is 1. The minimum absolute atomic E-state index is 0.0978. The third-order valence-electron chi connectivity index (χ3n) is 1.62. The van der Waals surface area contributed by atoms with Crippen molar-refractivity contribution in [3.05, 3.63) is 29.3 Å². The largest absolute Gasteiger partial charge is 0.496 e. The number of carbonyl (C=O) groups excluding carboxylic acids is 1. The average molecular weight is 186 g/mol. The van der Waals surface area contributed by atoms with Gasteiger partial charge in [0.2, 0.25) is 0 Å². The van der Waals surface area contributed by atoms with Crippen molar-refractivity contribution in [3.8, 4) is 5.75 Å². The lowest BCUT2D eigenvalue weighted by atomic mass is 10.1. The Morgan fingerprint density at radius 2 is 2.15 bits per heavy atom. The van der Waals surface area contributed by atoms with Crippen LogP contribution in [0.1, 0.15) is 22.3 Å². The van der Waals surface area contributed by atoms with E-state index in [9.17, 15) is 13.6 Å². The van der Waals surface area contributed by atoms with Crippen LogP contribution in [0.5, 0.6) is 5.75 Å². The molecule has 0 spiro atoms. The topological polar surface area (TPSA) is 26.3 Å². The predicted octanol–water partition coefficient (Wildman–Crippen LogP) is 2.45. The molecule has 70 valence electrons. The molecule has 4 heteroatoms. The Morgan fingerprint density at radius 1 is 1.46 bits per heavy atom. The normalized spacial score (nSPS) is 10.2. The first kappa shape index (κ1) is 9.64. The lowest BCUT2D eigenvalue weighted by Gasteiger charge is -2.07. The maximum atomic E-state index is 12.3. The van der Waals surface area contributed by atoms with Crippen LogP contribution in [-0.4, -0.2) is 13.4 Å². The van der Waals surface area contributed by atoms with Crippen molar-refractivity contribution < 1.29 is 18.3 Å². The maximum Gasteiger partial charge on any atom is 0.267 e. The van der Waals surface area contributed by atoms with E-state index < -0.39 is 6.43 Å². The molecular formula is C9H8F2O2. The van der Waals surface area contributed by atoms with Gasteiger partial charge in [0, 0.05) is 5.56 Å². The van der Waals surface area contributed by atoms with E-state index in [1.54, 1.807) is 0 Å². The highest BCUT2D eigenvalue weighted by Crippen LogP contribution is 2.29. The van der Waals surface area contributed by atoms with Crippen LogP contribution in [0.15, 0.2) is 18.2 Å². The smallest absolute Gasteiger partial charge is 0.267 e. The summed E-state index contributed by atoms with van der Waals surface area (Å²) in [6.45, 7) is 0. The van der Waals surface area contributed by atoms with Crippen LogP contribution < -0.4 is 4.74 Å². The van der Waals surface area contributed by atoms with E-state index in [-0.39, 0.29) is 16.9 Å². The molecule has 0 amide bonds. The molecule has 0 heterocycles. The standard InChI is InChI=1S/C9H8F2O2/c1-13-8-3-2-6(5-12)4-7(8)9(10)11/h2-5,9H,1H3. The van der Waals surface area contributed by atoms with Gasteiger partial charge in [-0.15, -0.1) is 0 Å². The average Bonchev–Trinajstić information content (AvgIpc) is 2.16. The van der Waals surface area contributed by atoms with Gasteiger partial charge in [-0.1, -0.05) is 0 Å². The number of carbonyl (C=O) groups is 1. The van der Waals surface area contributed by atoms with Gasteiger partial charge in [0.25, 0.3) is 6.43 Å². The lowest BCUT2D eigenvalue weighted by Crippen LogP contribution is -1.94. The van der Waals surface area contributed by atoms with E-state index in [1.165, 1.54) is 19.2 Å². The van der Waals surface area contributed by atoms with Crippen LogP contribution in [0.3, 0.4) is 0 Å². The zero-order valence-corrected chi connectivity index (χ0v) is 6.96. The fourth-order valence-corrected chi connectivity index (χ4v) is 0.997. The van der Waals surface area contributed by atoms with Crippen LogP contribution in [-0.2, 0) is 0 Å². The summed E-state index contributed by atoms with van der Waals surface area (Å²) in [5.74, 6) is 0.0978. The molecule has 0 radical (unpaired) electrons. The van der Waals surface area contributed by atoms with Crippen molar-refractivity contribution in [2.45, 2.75) is 6.43 Å². The van der Waals surface area contributed by atoms with E-state index in [0.717, 1.165) is 6.07 Å². The molecule has 0 saturated carbocycles. The fraction of sp³-hybridized carbons (Fsp3) is 0.222. The van der Waals surface area contributed by atoms with Gasteiger partial charge in [-0.05, 0) is 18.2 Å². The van der Waals surface area contributed by atoms with E-state index in [2.05, 4.69) is 0 Å². The second kappa shape index (κ2) is 3.98. The van der Waals surface area contributed by atoms with Gasteiger partial charge >= 0.3 is 0 Å². The van der Waals surface area contributed by atoms with Crippen molar-refractivity contribution in [2.24, 2.45) is 0 Å². The quantitative estimate of drug-likeness (QED) is 0.677. The van der Waals surface area contributed by atoms with Crippen LogP contribution in [0, 0.1) is 0 Å². The summed E-state index contributed by atoms with van der Waals surface area (Å²) in [6.07, 6.45) is -2.11. The molecule has 0 aliphatic rings. The predicted molar refractivity (Wildman–Crippen MR) is 43.3 cm³/mol. The second-order valence-electron chi connectivity index (χ2n) is 2.42. The Hall–Kier alpha value is -1.45. The first-order valence-electron chi connectivity index (χ1n) is 3.60. The number of ether oxygens (including phenoxy) is 1. The highest BCUT2D eigenvalue weighted by Gasteiger charge is 2.13. The van der Waals surface area contributed by atoms with Crippen LogP contribution in [0.4, 0.5) is 8.78 Å². The molecule has 2 nitrogen and oxygen atoms in total. The summed E-state index contributed by atoms with van der Waals surface area (Å²) in [4.78, 5) is 10.3. The zero-order valence-electron chi connectivity index (χ0n) is 6.96. The van der Waals surface area contributed by atoms with Crippen LogP contribution >= 0.6 is 0 Å². The molecule has 1 aromatic rings. The molecule has 0 unspecified atom stereocenters. The number of methoxy groups -OCH3 is 1. The van der Waals surface area contributed by atoms with Gasteiger partial charge < -0.3 is 4.74 Å². The summed E-state index contributed by atoms with van der Waals surface area (Å²) < 4.78 is 29.4. The van der Waals surface area contributed by atoms with Gasteiger partial charge in [-0.3, -0.25) is 4.79 Å². The minimum Gasteiger partial charge on any atom is -0.496 e. The van der Waals surface area contributed by atoms with Crippen molar-refractivity contribution in [1.29, 1.82) is 0 Å². The van der Waals surface area contributed by atoms with Crippen molar-refractivity contribution >= 4 is 6.29 Å². The Labute approximate surface area is 74.1 Å². The Balaban J connectivity index is 3.17. The molecule has 13 heavy (non-hydrogen) atoms. The number of hydrogen-bond donors (Lipinski definition) is 0. The SMILES string of the molecule is COc1ccc(C=O)cc1C(F)F. The molecule has 0 aliphatic carbocycles. The summed E-state index contributed by atoms with van der Waals surface area (Å²) >= 11 is 0. The Kier molecular flexibility index (Phi) is 2.95. The molecule has 0 atom stereocenters. The zero-order chi connectivity index (χ0) is 9.84. The van der Waals surface area contributed by atoms with Crippen molar-refractivity contribution in [2.75, 3.05) is 7.11 Å². The minimum atomic E-state index is -2.63. The van der Waals surface area contributed by atoms with Gasteiger partial charge in [0.05, 0.1) is 12.7 Å². The first-order chi connectivity index (χ1) is 6.19. The van der Waals surface area contributed by atoms with Gasteiger partial charge in [0.15, 0.2) is 0 Å². The summed E-state index contributed by atoms with van der Waals surface area (Å²) in [5.41, 5.74) is -0.0387. The fourth-order valence-electron chi connectivity index (χ4n) is 0.997. The monoisotopic (exact) mass is 186 g/mol. The van der Waals surface area contributed by atoms with Crippen molar-refractivity contribution in [1.82, 2.24) is 0 Å². The van der Waals surface area contributed by atoms with E-state index >= 15 is 0 Å². The molecule has 0 aromatic heterocycles. The summed E-state index contributed by atoms with van der Waals surface area (Å²) in [6, 6.07) is 3.90. The highest BCUT2D eigenvalue weighted by atomic mass is 19.3. The molecular weight excluding hydrogens is 178 g/mol. The molecule has 0 N–H and O–H groups in total. The third kappa shape index (κ3) is 2.02. The molecule has 0 bridgehead atoms. The van der Waals surface area contributed by atoms with E-state index in [4.69, 9.17) is 4.74 Å². The lowest BCUT2D eigenvalue weighted by molar-refractivity contribution is 0.112. The van der Waals surface area contributed by atoms with Gasteiger partial charge in [0.1, 0.15) is 12.0 Å². The number of alkyl halides is 2. The first-order valence-corrected chi connectivity index (χ1v) is 3.60. The number of rotatable bonds is 3. The molecule has 0 saturated heterocycles. The van der Waals surface area contributed by atoms with Crippen LogP contribution in [0.2, 0.25) is 0 Å². The van der Waals surface area contributed by atoms with Crippen LogP contribution in [0.25, 0.3) is 0 Å². The highest BCUT2D eigenvalue weighted by molar-refractivity contribution is 5.75. The van der Waals surface area contributed by atoms with Gasteiger partial charge in [-0.2, -0.15) is 0 Å². The Bertz CT molecular complexity index is 310. The maximum absolute atomic E-state index is 12.3. The molecule has 0 aliphatic heterocycles.